The van der Waals surface area contributed by atoms with E-state index in [9.17, 15) is 4.39 Å². The van der Waals surface area contributed by atoms with E-state index in [2.05, 4.69) is 11.4 Å². The van der Waals surface area contributed by atoms with E-state index < -0.39 is 0 Å². The first-order valence-electron chi connectivity index (χ1n) is 6.23. The Morgan fingerprint density at radius 3 is 2.58 bits per heavy atom. The Bertz CT molecular complexity index is 560. The van der Waals surface area contributed by atoms with E-state index in [0.717, 1.165) is 6.42 Å². The second kappa shape index (κ2) is 6.55. The molecule has 96 valence electrons. The topological polar surface area (TPSA) is 35.8 Å². The Morgan fingerprint density at radius 1 is 1.11 bits per heavy atom. The number of anilines is 1. The highest BCUT2D eigenvalue weighted by Gasteiger charge is 2.07. The van der Waals surface area contributed by atoms with Gasteiger partial charge in [-0.1, -0.05) is 36.4 Å². The molecule has 0 bridgehead atoms. The summed E-state index contributed by atoms with van der Waals surface area (Å²) in [4.78, 5) is 0. The van der Waals surface area contributed by atoms with Crippen molar-refractivity contribution >= 4 is 5.69 Å². The van der Waals surface area contributed by atoms with Crippen molar-refractivity contribution in [2.75, 3.05) is 5.32 Å². The van der Waals surface area contributed by atoms with Crippen molar-refractivity contribution < 1.29 is 4.39 Å². The third-order valence-electron chi connectivity index (χ3n) is 2.89. The van der Waals surface area contributed by atoms with Gasteiger partial charge in [-0.2, -0.15) is 5.26 Å². The molecular formula is C16H15FN2. The highest BCUT2D eigenvalue weighted by Crippen LogP contribution is 2.13. The van der Waals surface area contributed by atoms with E-state index >= 15 is 0 Å². The maximum atomic E-state index is 13.0. The van der Waals surface area contributed by atoms with Crippen LogP contribution in [0.1, 0.15) is 12.0 Å². The molecule has 3 heteroatoms. The first-order chi connectivity index (χ1) is 9.28. The summed E-state index contributed by atoms with van der Waals surface area (Å²) in [5.41, 5.74) is 1.84. The molecule has 2 aromatic rings. The maximum absolute atomic E-state index is 13.0. The van der Waals surface area contributed by atoms with Crippen molar-refractivity contribution in [3.05, 3.63) is 66.0 Å². The van der Waals surface area contributed by atoms with Gasteiger partial charge in [0, 0.05) is 5.69 Å². The Balaban J connectivity index is 1.92. The number of rotatable bonds is 5. The van der Waals surface area contributed by atoms with Gasteiger partial charge < -0.3 is 5.32 Å². The molecule has 0 amide bonds. The average molecular weight is 254 g/mol. The first-order valence-corrected chi connectivity index (χ1v) is 6.23. The van der Waals surface area contributed by atoms with Gasteiger partial charge in [0.15, 0.2) is 0 Å². The van der Waals surface area contributed by atoms with Crippen LogP contribution in [0.25, 0.3) is 0 Å². The highest BCUT2D eigenvalue weighted by molar-refractivity contribution is 5.45. The Kier molecular flexibility index (Phi) is 4.52. The molecule has 2 nitrogen and oxygen atoms in total. The summed E-state index contributed by atoms with van der Waals surface area (Å²) in [7, 11) is 0. The number of aryl methyl sites for hydroxylation is 1. The summed E-state index contributed by atoms with van der Waals surface area (Å²) in [5.74, 6) is -0.301. The lowest BCUT2D eigenvalue weighted by molar-refractivity contribution is 0.628. The summed E-state index contributed by atoms with van der Waals surface area (Å²) in [6.07, 6.45) is 1.51. The van der Waals surface area contributed by atoms with Crippen LogP contribution >= 0.6 is 0 Å². The minimum absolute atomic E-state index is 0.301. The molecule has 2 aromatic carbocycles. The first kappa shape index (κ1) is 13.1. The van der Waals surface area contributed by atoms with Gasteiger partial charge in [-0.3, -0.25) is 0 Å². The zero-order valence-electron chi connectivity index (χ0n) is 10.5. The van der Waals surface area contributed by atoms with Crippen molar-refractivity contribution in [2.24, 2.45) is 0 Å². The molecule has 0 saturated heterocycles. The fourth-order valence-corrected chi connectivity index (χ4v) is 1.90. The fourth-order valence-electron chi connectivity index (χ4n) is 1.90. The number of hydrogen-bond acceptors (Lipinski definition) is 2. The van der Waals surface area contributed by atoms with Gasteiger partial charge >= 0.3 is 0 Å². The van der Waals surface area contributed by atoms with E-state index in [1.54, 1.807) is 12.1 Å². The quantitative estimate of drug-likeness (QED) is 0.881. The zero-order valence-corrected chi connectivity index (χ0v) is 10.5. The monoisotopic (exact) mass is 254 g/mol. The number of nitriles is 1. The standard InChI is InChI=1S/C16H15FN2/c17-14-7-4-8-15(11-14)19-16(12-18)10-9-13-5-2-1-3-6-13/h1-8,11,16,19H,9-10H2. The lowest BCUT2D eigenvalue weighted by atomic mass is 10.1. The molecule has 2 rings (SSSR count). The molecule has 0 aliphatic rings. The Labute approximate surface area is 112 Å². The summed E-state index contributed by atoms with van der Waals surface area (Å²) < 4.78 is 13.0. The summed E-state index contributed by atoms with van der Waals surface area (Å²) in [6.45, 7) is 0. The summed E-state index contributed by atoms with van der Waals surface area (Å²) in [6, 6.07) is 18.1. The SMILES string of the molecule is N#CC(CCc1ccccc1)Nc1cccc(F)c1. The van der Waals surface area contributed by atoms with Gasteiger partial charge in [-0.25, -0.2) is 4.39 Å². The van der Waals surface area contributed by atoms with Crippen LogP contribution in [0, 0.1) is 17.1 Å². The van der Waals surface area contributed by atoms with Crippen LogP contribution in [0.2, 0.25) is 0 Å². The molecule has 1 unspecified atom stereocenters. The number of hydrogen-bond donors (Lipinski definition) is 1. The minimum atomic E-state index is -0.318. The van der Waals surface area contributed by atoms with E-state index in [0.29, 0.717) is 12.1 Å². The lowest BCUT2D eigenvalue weighted by Crippen LogP contribution is -2.18. The normalized spacial score (nSPS) is 11.6. The molecule has 0 spiro atoms. The molecule has 0 fully saturated rings. The molecule has 19 heavy (non-hydrogen) atoms. The Hall–Kier alpha value is -2.34. The van der Waals surface area contributed by atoms with Gasteiger partial charge in [0.1, 0.15) is 11.9 Å². The number of nitrogens with zero attached hydrogens (tertiary/aromatic N) is 1. The van der Waals surface area contributed by atoms with Crippen LogP contribution < -0.4 is 5.32 Å². The smallest absolute Gasteiger partial charge is 0.125 e. The van der Waals surface area contributed by atoms with Crippen LogP contribution in [0.5, 0.6) is 0 Å². The molecule has 0 aliphatic carbocycles. The molecule has 1 atom stereocenters. The number of nitrogens with one attached hydrogen (secondary N) is 1. The van der Waals surface area contributed by atoms with Crippen LogP contribution in [0.4, 0.5) is 10.1 Å². The number of benzene rings is 2. The molecule has 0 aliphatic heterocycles. The molecule has 0 heterocycles. The third kappa shape index (κ3) is 4.11. The summed E-state index contributed by atoms with van der Waals surface area (Å²) >= 11 is 0. The predicted molar refractivity (Wildman–Crippen MR) is 74.2 cm³/mol. The van der Waals surface area contributed by atoms with Gasteiger partial charge in [0.05, 0.1) is 6.07 Å². The second-order valence-corrected chi connectivity index (χ2v) is 4.36. The average Bonchev–Trinajstić information content (AvgIpc) is 2.44. The molecule has 0 saturated carbocycles. The maximum Gasteiger partial charge on any atom is 0.125 e. The van der Waals surface area contributed by atoms with Crippen molar-refractivity contribution in [1.82, 2.24) is 0 Å². The summed E-state index contributed by atoms with van der Waals surface area (Å²) in [5, 5.41) is 12.2. The molecule has 1 N–H and O–H groups in total. The van der Waals surface area contributed by atoms with E-state index in [1.165, 1.54) is 17.7 Å². The van der Waals surface area contributed by atoms with Crippen LogP contribution in [0.3, 0.4) is 0 Å². The minimum Gasteiger partial charge on any atom is -0.370 e. The van der Waals surface area contributed by atoms with E-state index in [1.807, 2.05) is 30.3 Å². The van der Waals surface area contributed by atoms with Gasteiger partial charge in [0.25, 0.3) is 0 Å². The lowest BCUT2D eigenvalue weighted by Gasteiger charge is -2.12. The number of halogens is 1. The molecule has 0 aromatic heterocycles. The fraction of sp³-hybridized carbons (Fsp3) is 0.188. The molecule has 0 radical (unpaired) electrons. The third-order valence-corrected chi connectivity index (χ3v) is 2.89. The molecular weight excluding hydrogens is 239 g/mol. The van der Waals surface area contributed by atoms with Crippen molar-refractivity contribution in [3.8, 4) is 6.07 Å². The Morgan fingerprint density at radius 2 is 1.89 bits per heavy atom. The van der Waals surface area contributed by atoms with Crippen molar-refractivity contribution in [2.45, 2.75) is 18.9 Å². The largest absolute Gasteiger partial charge is 0.370 e. The van der Waals surface area contributed by atoms with E-state index in [4.69, 9.17) is 5.26 Å². The van der Waals surface area contributed by atoms with Gasteiger partial charge in [-0.15, -0.1) is 0 Å². The highest BCUT2D eigenvalue weighted by atomic mass is 19.1. The van der Waals surface area contributed by atoms with E-state index in [-0.39, 0.29) is 11.9 Å². The van der Waals surface area contributed by atoms with Crippen molar-refractivity contribution in [3.63, 3.8) is 0 Å². The van der Waals surface area contributed by atoms with Crippen molar-refractivity contribution in [1.29, 1.82) is 5.26 Å². The van der Waals surface area contributed by atoms with Crippen LogP contribution in [-0.2, 0) is 6.42 Å². The van der Waals surface area contributed by atoms with Gasteiger partial charge in [-0.05, 0) is 36.6 Å². The van der Waals surface area contributed by atoms with Crippen LogP contribution in [0.15, 0.2) is 54.6 Å². The second-order valence-electron chi connectivity index (χ2n) is 4.36. The predicted octanol–water partition coefficient (Wildman–Crippen LogP) is 3.76. The van der Waals surface area contributed by atoms with Crippen LogP contribution in [-0.4, -0.2) is 6.04 Å². The van der Waals surface area contributed by atoms with Gasteiger partial charge in [0.2, 0.25) is 0 Å². The zero-order chi connectivity index (χ0) is 13.5.